The predicted molar refractivity (Wildman–Crippen MR) is 80.4 cm³/mol. The van der Waals surface area contributed by atoms with E-state index in [0.29, 0.717) is 6.42 Å². The average Bonchev–Trinajstić information content (AvgIpc) is 2.97. The number of rotatable bonds is 7. The third-order valence-electron chi connectivity index (χ3n) is 4.56. The lowest BCUT2D eigenvalue weighted by molar-refractivity contribution is -0.0354. The minimum absolute atomic E-state index is 0.134. The van der Waals surface area contributed by atoms with Gasteiger partial charge in [0.25, 0.3) is 0 Å². The molecule has 1 aliphatic rings. The minimum atomic E-state index is -0.792. The highest BCUT2D eigenvalue weighted by atomic mass is 19.2. The van der Waals surface area contributed by atoms with Crippen molar-refractivity contribution < 1.29 is 13.5 Å². The molecule has 21 heavy (non-hydrogen) atoms. The minimum Gasteiger partial charge on any atom is -0.377 e. The van der Waals surface area contributed by atoms with Crippen molar-refractivity contribution in [3.8, 4) is 0 Å². The molecule has 4 heteroatoms. The van der Waals surface area contributed by atoms with Crippen LogP contribution in [0.1, 0.15) is 44.6 Å². The molecule has 0 saturated heterocycles. The molecule has 0 aliphatic heterocycles. The molecule has 1 aromatic carbocycles. The Balaban J connectivity index is 2.17. The molecule has 0 heterocycles. The van der Waals surface area contributed by atoms with Gasteiger partial charge in [0, 0.05) is 13.2 Å². The first-order chi connectivity index (χ1) is 10.1. The molecule has 0 spiro atoms. The summed E-state index contributed by atoms with van der Waals surface area (Å²) in [4.78, 5) is 0. The topological polar surface area (TPSA) is 21.3 Å². The lowest BCUT2D eigenvalue weighted by Gasteiger charge is -2.37. The number of methoxy groups -OCH3 is 1. The monoisotopic (exact) mass is 297 g/mol. The van der Waals surface area contributed by atoms with Crippen LogP contribution >= 0.6 is 0 Å². The zero-order valence-electron chi connectivity index (χ0n) is 12.9. The third kappa shape index (κ3) is 3.80. The van der Waals surface area contributed by atoms with E-state index in [9.17, 15) is 8.78 Å². The SMILES string of the molecule is CCCNC(Cc1ccc(F)c(F)c1)C1(OC)CCCC1. The van der Waals surface area contributed by atoms with Gasteiger partial charge in [-0.15, -0.1) is 0 Å². The summed E-state index contributed by atoms with van der Waals surface area (Å²) < 4.78 is 32.3. The van der Waals surface area contributed by atoms with Crippen LogP contribution in [0.5, 0.6) is 0 Å². The van der Waals surface area contributed by atoms with E-state index in [2.05, 4.69) is 12.2 Å². The number of nitrogens with one attached hydrogen (secondary N) is 1. The normalized spacial score (nSPS) is 18.9. The number of halogens is 2. The van der Waals surface area contributed by atoms with Gasteiger partial charge in [0.2, 0.25) is 0 Å². The molecule has 0 radical (unpaired) electrons. The third-order valence-corrected chi connectivity index (χ3v) is 4.56. The van der Waals surface area contributed by atoms with Crippen molar-refractivity contribution in [3.05, 3.63) is 35.4 Å². The Morgan fingerprint density at radius 3 is 2.52 bits per heavy atom. The molecular weight excluding hydrogens is 272 g/mol. The van der Waals surface area contributed by atoms with Crippen molar-refractivity contribution in [2.45, 2.75) is 57.1 Å². The van der Waals surface area contributed by atoms with Gasteiger partial charge in [-0.05, 0) is 49.9 Å². The van der Waals surface area contributed by atoms with E-state index >= 15 is 0 Å². The van der Waals surface area contributed by atoms with Crippen LogP contribution in [0, 0.1) is 11.6 Å². The van der Waals surface area contributed by atoms with Crippen molar-refractivity contribution in [2.75, 3.05) is 13.7 Å². The maximum Gasteiger partial charge on any atom is 0.159 e. The van der Waals surface area contributed by atoms with Gasteiger partial charge in [-0.2, -0.15) is 0 Å². The molecule has 0 amide bonds. The molecular formula is C17H25F2NO. The van der Waals surface area contributed by atoms with Crippen molar-refractivity contribution >= 4 is 0 Å². The largest absolute Gasteiger partial charge is 0.377 e. The average molecular weight is 297 g/mol. The standard InChI is InChI=1S/C17H25F2NO/c1-3-10-20-16(17(21-2)8-4-5-9-17)12-13-6-7-14(18)15(19)11-13/h6-7,11,16,20H,3-5,8-10,12H2,1-2H3. The molecule has 1 aromatic rings. The van der Waals surface area contributed by atoms with Gasteiger partial charge in [-0.3, -0.25) is 0 Å². The summed E-state index contributed by atoms with van der Waals surface area (Å²) in [5.41, 5.74) is 0.630. The smallest absolute Gasteiger partial charge is 0.159 e. The van der Waals surface area contributed by atoms with E-state index in [0.717, 1.165) is 44.2 Å². The Hall–Kier alpha value is -1.00. The highest BCUT2D eigenvalue weighted by Crippen LogP contribution is 2.37. The lowest BCUT2D eigenvalue weighted by Crippen LogP contribution is -2.52. The molecule has 118 valence electrons. The van der Waals surface area contributed by atoms with Crippen LogP contribution in [0.3, 0.4) is 0 Å². The Labute approximate surface area is 125 Å². The van der Waals surface area contributed by atoms with Crippen LogP contribution in [0.15, 0.2) is 18.2 Å². The molecule has 0 bridgehead atoms. The summed E-state index contributed by atoms with van der Waals surface area (Å²) in [6.07, 6.45) is 6.06. The van der Waals surface area contributed by atoms with Crippen LogP contribution in [0.25, 0.3) is 0 Å². The van der Waals surface area contributed by atoms with E-state index in [1.54, 1.807) is 13.2 Å². The van der Waals surface area contributed by atoms with Gasteiger partial charge in [0.05, 0.1) is 5.60 Å². The number of ether oxygens (including phenoxy) is 1. The first-order valence-corrected chi connectivity index (χ1v) is 7.84. The van der Waals surface area contributed by atoms with Crippen molar-refractivity contribution in [1.29, 1.82) is 0 Å². The summed E-state index contributed by atoms with van der Waals surface area (Å²) in [6, 6.07) is 4.30. The van der Waals surface area contributed by atoms with Crippen LogP contribution in [-0.2, 0) is 11.2 Å². The van der Waals surface area contributed by atoms with Gasteiger partial charge >= 0.3 is 0 Å². The van der Waals surface area contributed by atoms with Gasteiger partial charge in [-0.25, -0.2) is 8.78 Å². The molecule has 1 saturated carbocycles. The van der Waals surface area contributed by atoms with Crippen LogP contribution in [0.4, 0.5) is 8.78 Å². The Kier molecular flexibility index (Phi) is 5.71. The van der Waals surface area contributed by atoms with E-state index in [4.69, 9.17) is 4.74 Å². The Bertz CT molecular complexity index is 458. The molecule has 0 aromatic heterocycles. The molecule has 1 unspecified atom stereocenters. The molecule has 1 N–H and O–H groups in total. The summed E-state index contributed by atoms with van der Waals surface area (Å²) in [7, 11) is 1.76. The van der Waals surface area contributed by atoms with Crippen molar-refractivity contribution in [3.63, 3.8) is 0 Å². The Morgan fingerprint density at radius 1 is 1.24 bits per heavy atom. The number of hydrogen-bond acceptors (Lipinski definition) is 2. The number of benzene rings is 1. The van der Waals surface area contributed by atoms with E-state index < -0.39 is 11.6 Å². The van der Waals surface area contributed by atoms with Crippen LogP contribution in [-0.4, -0.2) is 25.3 Å². The summed E-state index contributed by atoms with van der Waals surface area (Å²) >= 11 is 0. The fourth-order valence-corrected chi connectivity index (χ4v) is 3.33. The molecule has 2 nitrogen and oxygen atoms in total. The zero-order chi connectivity index (χ0) is 15.3. The Morgan fingerprint density at radius 2 is 1.95 bits per heavy atom. The van der Waals surface area contributed by atoms with Gasteiger partial charge in [0.1, 0.15) is 0 Å². The second kappa shape index (κ2) is 7.32. The van der Waals surface area contributed by atoms with Gasteiger partial charge in [-0.1, -0.05) is 25.8 Å². The van der Waals surface area contributed by atoms with Crippen LogP contribution in [0.2, 0.25) is 0 Å². The maximum atomic E-state index is 13.4. The van der Waals surface area contributed by atoms with E-state index in [-0.39, 0.29) is 11.6 Å². The van der Waals surface area contributed by atoms with Gasteiger partial charge in [0.15, 0.2) is 11.6 Å². The summed E-state index contributed by atoms with van der Waals surface area (Å²) in [5, 5.41) is 3.54. The number of hydrogen-bond donors (Lipinski definition) is 1. The second-order valence-corrected chi connectivity index (χ2v) is 5.94. The maximum absolute atomic E-state index is 13.4. The molecule has 2 rings (SSSR count). The quantitative estimate of drug-likeness (QED) is 0.826. The fraction of sp³-hybridized carbons (Fsp3) is 0.647. The van der Waals surface area contributed by atoms with Crippen LogP contribution < -0.4 is 5.32 Å². The van der Waals surface area contributed by atoms with Crippen molar-refractivity contribution in [2.24, 2.45) is 0 Å². The lowest BCUT2D eigenvalue weighted by atomic mass is 9.87. The van der Waals surface area contributed by atoms with Crippen molar-refractivity contribution in [1.82, 2.24) is 5.32 Å². The highest BCUT2D eigenvalue weighted by molar-refractivity contribution is 5.20. The fourth-order valence-electron chi connectivity index (χ4n) is 3.33. The first-order valence-electron chi connectivity index (χ1n) is 7.84. The molecule has 1 aliphatic carbocycles. The second-order valence-electron chi connectivity index (χ2n) is 5.94. The summed E-state index contributed by atoms with van der Waals surface area (Å²) in [6.45, 7) is 3.02. The van der Waals surface area contributed by atoms with E-state index in [1.165, 1.54) is 12.1 Å². The van der Waals surface area contributed by atoms with E-state index in [1.807, 2.05) is 0 Å². The summed E-state index contributed by atoms with van der Waals surface area (Å²) in [5.74, 6) is -1.57. The van der Waals surface area contributed by atoms with Gasteiger partial charge < -0.3 is 10.1 Å². The zero-order valence-corrected chi connectivity index (χ0v) is 12.9. The highest BCUT2D eigenvalue weighted by Gasteiger charge is 2.41. The first kappa shape index (κ1) is 16.4. The molecule has 1 fully saturated rings. The molecule has 1 atom stereocenters. The predicted octanol–water partition coefficient (Wildman–Crippen LogP) is 3.83.